The van der Waals surface area contributed by atoms with Gasteiger partial charge in [0.1, 0.15) is 5.84 Å². The van der Waals surface area contributed by atoms with E-state index in [1.54, 1.807) is 41.3 Å². The molecule has 0 atom stereocenters. The predicted octanol–water partition coefficient (Wildman–Crippen LogP) is 2.00. The zero-order valence-corrected chi connectivity index (χ0v) is 18.0. The molecule has 0 aliphatic carbocycles. The van der Waals surface area contributed by atoms with Crippen LogP contribution < -0.4 is 5.73 Å². The maximum absolute atomic E-state index is 12.9. The number of nitrogens with one attached hydrogen (secondary N) is 1. The van der Waals surface area contributed by atoms with Crippen LogP contribution in [0.5, 0.6) is 0 Å². The first kappa shape index (κ1) is 22.0. The summed E-state index contributed by atoms with van der Waals surface area (Å²) in [6, 6.07) is 14.1. The second-order valence-electron chi connectivity index (χ2n) is 7.47. The molecule has 1 amide bonds. The molecule has 0 bridgehead atoms. The minimum Gasteiger partial charge on any atom is -0.384 e. The summed E-state index contributed by atoms with van der Waals surface area (Å²) in [7, 11) is -3.55. The third kappa shape index (κ3) is 5.06. The summed E-state index contributed by atoms with van der Waals surface area (Å²) < 4.78 is 27.3. The van der Waals surface area contributed by atoms with E-state index in [1.165, 1.54) is 4.31 Å². The topological polar surface area (TPSA) is 108 Å². The molecule has 0 saturated carbocycles. The summed E-state index contributed by atoms with van der Waals surface area (Å²) in [5.41, 5.74) is 8.03. The Labute approximate surface area is 178 Å². The number of sulfonamides is 1. The van der Waals surface area contributed by atoms with Gasteiger partial charge in [-0.2, -0.15) is 4.31 Å². The van der Waals surface area contributed by atoms with Crippen molar-refractivity contribution in [2.75, 3.05) is 26.2 Å². The monoisotopic (exact) mass is 428 g/mol. The van der Waals surface area contributed by atoms with Gasteiger partial charge in [0.25, 0.3) is 0 Å². The minimum atomic E-state index is -3.55. The van der Waals surface area contributed by atoms with E-state index < -0.39 is 10.0 Å². The van der Waals surface area contributed by atoms with E-state index in [1.807, 2.05) is 12.1 Å². The number of benzene rings is 2. The van der Waals surface area contributed by atoms with E-state index in [9.17, 15) is 13.2 Å². The highest BCUT2D eigenvalue weighted by Gasteiger charge is 2.30. The van der Waals surface area contributed by atoms with E-state index in [-0.39, 0.29) is 31.3 Å². The Morgan fingerprint density at radius 3 is 2.07 bits per heavy atom. The van der Waals surface area contributed by atoms with Gasteiger partial charge >= 0.3 is 0 Å². The summed E-state index contributed by atoms with van der Waals surface area (Å²) in [4.78, 5) is 14.6. The second kappa shape index (κ2) is 9.40. The first-order valence-corrected chi connectivity index (χ1v) is 11.6. The number of rotatable bonds is 7. The fourth-order valence-corrected chi connectivity index (χ4v) is 4.95. The lowest BCUT2D eigenvalue weighted by atomic mass is 10.1. The number of nitrogen functional groups attached to an aromatic ring is 1. The van der Waals surface area contributed by atoms with Crippen LogP contribution in [0.15, 0.2) is 53.4 Å². The van der Waals surface area contributed by atoms with E-state index in [0.717, 1.165) is 24.0 Å². The first-order chi connectivity index (χ1) is 14.3. The molecule has 3 N–H and O–H groups in total. The molecule has 1 aliphatic rings. The summed E-state index contributed by atoms with van der Waals surface area (Å²) in [6.07, 6.45) is 2.19. The maximum Gasteiger partial charge on any atom is 0.243 e. The highest BCUT2D eigenvalue weighted by Crippen LogP contribution is 2.19. The number of nitrogens with zero attached hydrogens (tertiary/aromatic N) is 2. The van der Waals surface area contributed by atoms with Crippen LogP contribution in [-0.2, 0) is 27.7 Å². The van der Waals surface area contributed by atoms with Crippen LogP contribution in [0.4, 0.5) is 0 Å². The van der Waals surface area contributed by atoms with E-state index >= 15 is 0 Å². The molecule has 1 fully saturated rings. The molecule has 0 unspecified atom stereocenters. The molecule has 1 saturated heterocycles. The molecular weight excluding hydrogens is 400 g/mol. The van der Waals surface area contributed by atoms with Gasteiger partial charge in [-0.25, -0.2) is 8.42 Å². The van der Waals surface area contributed by atoms with Crippen molar-refractivity contribution in [2.24, 2.45) is 5.73 Å². The average molecular weight is 429 g/mol. The van der Waals surface area contributed by atoms with Gasteiger partial charge in [0.15, 0.2) is 0 Å². The molecule has 0 aromatic heterocycles. The Balaban J connectivity index is 1.58. The third-order valence-electron chi connectivity index (χ3n) is 5.31. The van der Waals surface area contributed by atoms with Crippen molar-refractivity contribution >= 4 is 21.8 Å². The Hall–Kier alpha value is -2.71. The van der Waals surface area contributed by atoms with Gasteiger partial charge in [-0.15, -0.1) is 0 Å². The molecule has 0 radical (unpaired) electrons. The zero-order valence-electron chi connectivity index (χ0n) is 17.2. The number of carbonyl (C=O) groups excluding carboxylic acids is 1. The SMILES string of the molecule is CCCc1ccc(S(=O)(=O)N2CCN(C(=O)Cc3ccc(C(=N)N)cc3)CC2)cc1. The number of amides is 1. The number of amidine groups is 1. The zero-order chi connectivity index (χ0) is 21.7. The van der Waals surface area contributed by atoms with Crippen LogP contribution in [0.3, 0.4) is 0 Å². The lowest BCUT2D eigenvalue weighted by molar-refractivity contribution is -0.131. The maximum atomic E-state index is 12.9. The first-order valence-electron chi connectivity index (χ1n) is 10.1. The van der Waals surface area contributed by atoms with Gasteiger partial charge in [-0.1, -0.05) is 49.7 Å². The Morgan fingerprint density at radius 1 is 0.967 bits per heavy atom. The number of hydrogen-bond donors (Lipinski definition) is 2. The number of hydrogen-bond acceptors (Lipinski definition) is 4. The second-order valence-corrected chi connectivity index (χ2v) is 9.40. The molecule has 30 heavy (non-hydrogen) atoms. The molecule has 1 heterocycles. The number of carbonyl (C=O) groups is 1. The Kier molecular flexibility index (Phi) is 6.89. The highest BCUT2D eigenvalue weighted by molar-refractivity contribution is 7.89. The number of piperazine rings is 1. The van der Waals surface area contributed by atoms with Crippen molar-refractivity contribution in [3.63, 3.8) is 0 Å². The van der Waals surface area contributed by atoms with Crippen molar-refractivity contribution in [1.82, 2.24) is 9.21 Å². The largest absolute Gasteiger partial charge is 0.384 e. The van der Waals surface area contributed by atoms with Gasteiger partial charge in [0.2, 0.25) is 15.9 Å². The molecule has 1 aliphatic heterocycles. The average Bonchev–Trinajstić information content (AvgIpc) is 2.75. The third-order valence-corrected chi connectivity index (χ3v) is 7.22. The van der Waals surface area contributed by atoms with Crippen molar-refractivity contribution in [3.05, 3.63) is 65.2 Å². The molecule has 2 aromatic carbocycles. The fourth-order valence-electron chi connectivity index (χ4n) is 3.53. The van der Waals surface area contributed by atoms with Crippen molar-refractivity contribution in [2.45, 2.75) is 31.1 Å². The van der Waals surface area contributed by atoms with Crippen LogP contribution in [0.2, 0.25) is 0 Å². The van der Waals surface area contributed by atoms with E-state index in [4.69, 9.17) is 11.1 Å². The Morgan fingerprint density at radius 2 is 1.53 bits per heavy atom. The van der Waals surface area contributed by atoms with Gasteiger partial charge < -0.3 is 10.6 Å². The van der Waals surface area contributed by atoms with Crippen molar-refractivity contribution < 1.29 is 13.2 Å². The standard InChI is InChI=1S/C22H28N4O3S/c1-2-3-17-6-10-20(11-7-17)30(28,29)26-14-12-25(13-15-26)21(27)16-18-4-8-19(9-5-18)22(23)24/h4-11H,2-3,12-16H2,1H3,(H3,23,24). The lowest BCUT2D eigenvalue weighted by Crippen LogP contribution is -2.50. The van der Waals surface area contributed by atoms with Crippen LogP contribution in [0.1, 0.15) is 30.0 Å². The quantitative estimate of drug-likeness (QED) is 0.519. The fraction of sp³-hybridized carbons (Fsp3) is 0.364. The molecule has 160 valence electrons. The van der Waals surface area contributed by atoms with Crippen molar-refractivity contribution in [3.8, 4) is 0 Å². The van der Waals surface area contributed by atoms with E-state index in [2.05, 4.69) is 6.92 Å². The van der Waals surface area contributed by atoms with Crippen LogP contribution in [0.25, 0.3) is 0 Å². The normalized spacial score (nSPS) is 15.2. The molecule has 2 aromatic rings. The molecule has 0 spiro atoms. The Bertz CT molecular complexity index is 994. The molecular formula is C22H28N4O3S. The number of nitrogens with two attached hydrogens (primary N) is 1. The molecule has 3 rings (SSSR count). The summed E-state index contributed by atoms with van der Waals surface area (Å²) in [5.74, 6) is -0.0447. The highest BCUT2D eigenvalue weighted by atomic mass is 32.2. The molecule has 7 nitrogen and oxygen atoms in total. The van der Waals surface area contributed by atoms with Crippen LogP contribution in [-0.4, -0.2) is 55.5 Å². The van der Waals surface area contributed by atoms with Crippen LogP contribution >= 0.6 is 0 Å². The summed E-state index contributed by atoms with van der Waals surface area (Å²) in [6.45, 7) is 3.41. The van der Waals surface area contributed by atoms with Gasteiger partial charge in [-0.3, -0.25) is 10.2 Å². The predicted molar refractivity (Wildman–Crippen MR) is 117 cm³/mol. The smallest absolute Gasteiger partial charge is 0.243 e. The van der Waals surface area contributed by atoms with Crippen LogP contribution in [0, 0.1) is 5.41 Å². The number of aryl methyl sites for hydroxylation is 1. The van der Waals surface area contributed by atoms with Gasteiger partial charge in [-0.05, 0) is 29.7 Å². The minimum absolute atomic E-state index is 0.00906. The van der Waals surface area contributed by atoms with Gasteiger partial charge in [0, 0.05) is 31.7 Å². The van der Waals surface area contributed by atoms with E-state index in [0.29, 0.717) is 23.5 Å². The van der Waals surface area contributed by atoms with Gasteiger partial charge in [0.05, 0.1) is 11.3 Å². The lowest BCUT2D eigenvalue weighted by Gasteiger charge is -2.34. The van der Waals surface area contributed by atoms with Crippen molar-refractivity contribution in [1.29, 1.82) is 5.41 Å². The molecule has 8 heteroatoms. The summed E-state index contributed by atoms with van der Waals surface area (Å²) in [5, 5.41) is 7.42. The summed E-state index contributed by atoms with van der Waals surface area (Å²) >= 11 is 0.